The Morgan fingerprint density at radius 3 is 1.82 bits per heavy atom. The molecule has 10 nitrogen and oxygen atoms in total. The van der Waals surface area contributed by atoms with Crippen molar-refractivity contribution in [2.45, 2.75) is 110 Å². The van der Waals surface area contributed by atoms with Crippen molar-refractivity contribution in [1.29, 1.82) is 0 Å². The molecule has 0 aliphatic heterocycles. The highest BCUT2D eigenvalue weighted by atomic mass is 16.5. The van der Waals surface area contributed by atoms with Gasteiger partial charge in [0.05, 0.1) is 13.2 Å². The van der Waals surface area contributed by atoms with Gasteiger partial charge in [-0.05, 0) is 62.6 Å². The van der Waals surface area contributed by atoms with Gasteiger partial charge in [-0.3, -0.25) is 14.8 Å². The summed E-state index contributed by atoms with van der Waals surface area (Å²) >= 11 is 0. The summed E-state index contributed by atoms with van der Waals surface area (Å²) in [5.74, 6) is 1.83. The van der Waals surface area contributed by atoms with Crippen LogP contribution in [0.2, 0.25) is 0 Å². The van der Waals surface area contributed by atoms with E-state index in [1.54, 1.807) is 0 Å². The fraction of sp³-hybridized carbons (Fsp3) is 0.700. The fourth-order valence-electron chi connectivity index (χ4n) is 4.16. The molecule has 0 saturated carbocycles. The number of nitrogens with two attached hydrogens (primary N) is 4. The molecule has 1 amide bonds. The number of amides is 1. The number of carbonyl (C=O) groups is 1. The molecule has 0 saturated heterocycles. The Bertz CT molecular complexity index is 854. The van der Waals surface area contributed by atoms with Crippen molar-refractivity contribution in [2.24, 2.45) is 32.9 Å². The normalized spacial score (nSPS) is 10.6. The minimum atomic E-state index is 0.0962. The Balaban J connectivity index is 2.51. The first-order valence-corrected chi connectivity index (χ1v) is 15.2. The highest BCUT2D eigenvalue weighted by molar-refractivity contribution is 5.76. The molecule has 1 rings (SSSR count). The number of benzene rings is 1. The van der Waals surface area contributed by atoms with Crippen LogP contribution in [0, 0.1) is 0 Å². The average molecular weight is 562 g/mol. The van der Waals surface area contributed by atoms with Gasteiger partial charge in [0.1, 0.15) is 0 Å². The van der Waals surface area contributed by atoms with Crippen LogP contribution in [0.5, 0.6) is 11.5 Å². The number of hydrogen-bond acceptors (Lipinski definition) is 5. The number of rotatable bonds is 25. The summed E-state index contributed by atoms with van der Waals surface area (Å²) in [4.78, 5) is 20.3. The summed E-state index contributed by atoms with van der Waals surface area (Å²) < 4.78 is 12.2. The lowest BCUT2D eigenvalue weighted by molar-refractivity contribution is -0.121. The van der Waals surface area contributed by atoms with E-state index in [2.05, 4.69) is 22.2 Å². The minimum Gasteiger partial charge on any atom is -0.490 e. The van der Waals surface area contributed by atoms with E-state index in [1.807, 2.05) is 18.2 Å². The molecule has 9 N–H and O–H groups in total. The van der Waals surface area contributed by atoms with E-state index >= 15 is 0 Å². The number of unbranched alkanes of at least 4 members (excludes halogenated alkanes) is 11. The van der Waals surface area contributed by atoms with E-state index < -0.39 is 0 Å². The van der Waals surface area contributed by atoms with Crippen molar-refractivity contribution < 1.29 is 14.3 Å². The van der Waals surface area contributed by atoms with Gasteiger partial charge in [-0.1, -0.05) is 57.9 Å². The number of hydrogen-bond donors (Lipinski definition) is 5. The largest absolute Gasteiger partial charge is 0.490 e. The summed E-state index contributed by atoms with van der Waals surface area (Å²) in [6, 6.07) is 5.92. The van der Waals surface area contributed by atoms with Gasteiger partial charge in [-0.15, -0.1) is 0 Å². The molecule has 0 atom stereocenters. The van der Waals surface area contributed by atoms with Crippen molar-refractivity contribution in [3.63, 3.8) is 0 Å². The van der Waals surface area contributed by atoms with Gasteiger partial charge in [-0.25, -0.2) is 0 Å². The zero-order chi connectivity index (χ0) is 29.3. The van der Waals surface area contributed by atoms with Crippen LogP contribution in [0.1, 0.15) is 109 Å². The van der Waals surface area contributed by atoms with Crippen molar-refractivity contribution >= 4 is 17.8 Å². The Hall–Kier alpha value is -3.17. The maximum absolute atomic E-state index is 12.3. The smallest absolute Gasteiger partial charge is 0.220 e. The van der Waals surface area contributed by atoms with Gasteiger partial charge in [0.15, 0.2) is 23.4 Å². The first-order valence-electron chi connectivity index (χ1n) is 15.2. The summed E-state index contributed by atoms with van der Waals surface area (Å²) in [5.41, 5.74) is 22.4. The number of guanidine groups is 2. The van der Waals surface area contributed by atoms with Crippen molar-refractivity contribution in [2.75, 3.05) is 26.3 Å². The molecule has 0 aliphatic carbocycles. The average Bonchev–Trinajstić information content (AvgIpc) is 2.92. The molecule has 0 aliphatic rings. The zero-order valence-electron chi connectivity index (χ0n) is 24.8. The molecular formula is C30H55N7O3. The van der Waals surface area contributed by atoms with Crippen LogP contribution < -0.4 is 37.7 Å². The van der Waals surface area contributed by atoms with E-state index in [0.717, 1.165) is 81.3 Å². The van der Waals surface area contributed by atoms with Crippen LogP contribution in [0.4, 0.5) is 0 Å². The second kappa shape index (κ2) is 23.7. The summed E-state index contributed by atoms with van der Waals surface area (Å²) in [6.07, 6.45) is 15.5. The molecule has 0 unspecified atom stereocenters. The second-order valence-electron chi connectivity index (χ2n) is 10.2. The highest BCUT2D eigenvalue weighted by Gasteiger charge is 2.09. The Kier molecular flexibility index (Phi) is 20.6. The third-order valence-electron chi connectivity index (χ3n) is 6.46. The summed E-state index contributed by atoms with van der Waals surface area (Å²) in [6.45, 7) is 5.21. The number of nitrogens with one attached hydrogen (secondary N) is 1. The van der Waals surface area contributed by atoms with Gasteiger partial charge in [0.25, 0.3) is 0 Å². The van der Waals surface area contributed by atoms with Crippen molar-refractivity contribution in [3.8, 4) is 11.5 Å². The molecule has 0 heterocycles. The van der Waals surface area contributed by atoms with Gasteiger partial charge in [0, 0.05) is 26.1 Å². The molecule has 228 valence electrons. The lowest BCUT2D eigenvalue weighted by atomic mass is 10.1. The van der Waals surface area contributed by atoms with Crippen LogP contribution in [-0.4, -0.2) is 44.1 Å². The standard InChI is InChI=1S/C30H55N7O3/c1-2-3-4-5-6-11-16-28(38)37-24-25-17-18-26(39-21-14-9-7-12-19-35-29(31)32)27(23-25)40-22-15-10-8-13-20-36-30(33)34/h17-18,23H,2-16,19-22,24H2,1H3,(H,37,38)(H4,31,32,35)(H4,33,34,36). The first kappa shape index (κ1) is 34.9. The van der Waals surface area contributed by atoms with Gasteiger partial charge in [0.2, 0.25) is 5.91 Å². The molecule has 0 aromatic heterocycles. The zero-order valence-corrected chi connectivity index (χ0v) is 24.8. The van der Waals surface area contributed by atoms with Crippen LogP contribution in [0.25, 0.3) is 0 Å². The molecule has 10 heteroatoms. The Morgan fingerprint density at radius 1 is 0.700 bits per heavy atom. The monoisotopic (exact) mass is 561 g/mol. The fourth-order valence-corrected chi connectivity index (χ4v) is 4.16. The van der Waals surface area contributed by atoms with Gasteiger partial charge >= 0.3 is 0 Å². The van der Waals surface area contributed by atoms with Crippen LogP contribution in [0.15, 0.2) is 28.2 Å². The predicted molar refractivity (Wildman–Crippen MR) is 166 cm³/mol. The van der Waals surface area contributed by atoms with Crippen molar-refractivity contribution in [1.82, 2.24) is 5.32 Å². The molecular weight excluding hydrogens is 506 g/mol. The molecule has 1 aromatic rings. The van der Waals surface area contributed by atoms with E-state index in [-0.39, 0.29) is 17.8 Å². The van der Waals surface area contributed by atoms with Crippen molar-refractivity contribution in [3.05, 3.63) is 23.8 Å². The predicted octanol–water partition coefficient (Wildman–Crippen LogP) is 4.48. The third-order valence-corrected chi connectivity index (χ3v) is 6.46. The lowest BCUT2D eigenvalue weighted by Gasteiger charge is -2.15. The van der Waals surface area contributed by atoms with Gasteiger partial charge in [-0.2, -0.15) is 0 Å². The molecule has 40 heavy (non-hydrogen) atoms. The van der Waals surface area contributed by atoms with Crippen LogP contribution in [0.3, 0.4) is 0 Å². The molecule has 0 fully saturated rings. The minimum absolute atomic E-state index is 0.0962. The summed E-state index contributed by atoms with van der Waals surface area (Å²) in [7, 11) is 0. The molecule has 0 radical (unpaired) electrons. The summed E-state index contributed by atoms with van der Waals surface area (Å²) in [5, 5.41) is 3.05. The maximum atomic E-state index is 12.3. The quantitative estimate of drug-likeness (QED) is 0.0664. The number of ether oxygens (including phenoxy) is 2. The third kappa shape index (κ3) is 19.8. The molecule has 1 aromatic carbocycles. The van der Waals surface area contributed by atoms with E-state index in [0.29, 0.717) is 39.3 Å². The van der Waals surface area contributed by atoms with Gasteiger partial charge < -0.3 is 37.7 Å². The SMILES string of the molecule is CCCCCCCCC(=O)NCc1ccc(OCCCCCCN=C(N)N)c(OCCCCCCN=C(N)N)c1. The highest BCUT2D eigenvalue weighted by Crippen LogP contribution is 2.29. The van der Waals surface area contributed by atoms with Crippen LogP contribution >= 0.6 is 0 Å². The maximum Gasteiger partial charge on any atom is 0.220 e. The van der Waals surface area contributed by atoms with E-state index in [4.69, 9.17) is 32.4 Å². The first-order chi connectivity index (χ1) is 19.4. The number of carbonyl (C=O) groups excluding carboxylic acids is 1. The topological polar surface area (TPSA) is 176 Å². The Labute approximate surface area is 241 Å². The molecule has 0 bridgehead atoms. The lowest BCUT2D eigenvalue weighted by Crippen LogP contribution is -2.22. The second-order valence-corrected chi connectivity index (χ2v) is 10.2. The number of aliphatic imine (C=N–C) groups is 2. The Morgan fingerprint density at radius 2 is 1.23 bits per heavy atom. The van der Waals surface area contributed by atoms with Crippen LogP contribution in [-0.2, 0) is 11.3 Å². The number of nitrogens with zero attached hydrogens (tertiary/aromatic N) is 2. The van der Waals surface area contributed by atoms with E-state index in [1.165, 1.54) is 25.7 Å². The van der Waals surface area contributed by atoms with E-state index in [9.17, 15) is 4.79 Å². The molecule has 0 spiro atoms.